The summed E-state index contributed by atoms with van der Waals surface area (Å²) in [6, 6.07) is 0. The van der Waals surface area contributed by atoms with E-state index in [0.717, 1.165) is 6.42 Å². The van der Waals surface area contributed by atoms with Crippen molar-refractivity contribution in [3.8, 4) is 0 Å². The number of carbonyl (C=O) groups excluding carboxylic acids is 1. The maximum atomic E-state index is 11.1. The number of likely N-dealkylation sites (N-methyl/N-ethyl adjacent to an activating group) is 1. The molecule has 0 heterocycles. The summed E-state index contributed by atoms with van der Waals surface area (Å²) in [7, 11) is 0. The van der Waals surface area contributed by atoms with E-state index in [-0.39, 0.29) is 12.0 Å². The van der Waals surface area contributed by atoms with Crippen molar-refractivity contribution in [3.63, 3.8) is 0 Å². The summed E-state index contributed by atoms with van der Waals surface area (Å²) < 4.78 is 0. The molecule has 0 aliphatic heterocycles. The predicted molar refractivity (Wildman–Crippen MR) is 48.4 cm³/mol. The second-order valence-corrected chi connectivity index (χ2v) is 2.56. The molecule has 1 atom stereocenters. The molecule has 0 aromatic rings. The van der Waals surface area contributed by atoms with Crippen molar-refractivity contribution in [2.24, 2.45) is 0 Å². The van der Waals surface area contributed by atoms with E-state index in [2.05, 4.69) is 6.58 Å². The molecule has 0 rings (SSSR count). The van der Waals surface area contributed by atoms with E-state index >= 15 is 0 Å². The maximum absolute atomic E-state index is 11.1. The first-order chi connectivity index (χ1) is 5.65. The van der Waals surface area contributed by atoms with E-state index in [1.165, 1.54) is 11.1 Å². The van der Waals surface area contributed by atoms with E-state index in [0.29, 0.717) is 6.54 Å². The third-order valence-corrected chi connectivity index (χ3v) is 1.59. The number of hydrogen-bond acceptors (Lipinski definition) is 2. The standard InChI is InChI=1S/C9H17NO2/c1-5-8(4)12-10(7-3)9(11)6-2/h6,8H,2,5,7H2,1,3-4H3. The molecule has 0 aromatic carbocycles. The minimum absolute atomic E-state index is 0.0776. The average Bonchev–Trinajstić information content (AvgIpc) is 2.12. The quantitative estimate of drug-likeness (QED) is 0.466. The molecular formula is C9H17NO2. The molecule has 0 aliphatic rings. The molecule has 0 fully saturated rings. The van der Waals surface area contributed by atoms with Crippen LogP contribution >= 0.6 is 0 Å². The number of amides is 1. The van der Waals surface area contributed by atoms with E-state index in [4.69, 9.17) is 4.84 Å². The summed E-state index contributed by atoms with van der Waals surface area (Å²) in [6.45, 7) is 9.75. The topological polar surface area (TPSA) is 29.5 Å². The fraction of sp³-hybridized carbons (Fsp3) is 0.667. The molecule has 70 valence electrons. The molecule has 0 aliphatic carbocycles. The van der Waals surface area contributed by atoms with E-state index in [9.17, 15) is 4.79 Å². The molecule has 0 N–H and O–H groups in total. The zero-order valence-electron chi connectivity index (χ0n) is 8.04. The molecule has 0 saturated carbocycles. The Kier molecular flexibility index (Phi) is 5.37. The second-order valence-electron chi connectivity index (χ2n) is 2.56. The highest BCUT2D eigenvalue weighted by Gasteiger charge is 2.10. The first-order valence-electron chi connectivity index (χ1n) is 4.26. The second kappa shape index (κ2) is 5.77. The highest BCUT2D eigenvalue weighted by Crippen LogP contribution is 2.01. The van der Waals surface area contributed by atoms with Crippen LogP contribution in [0.25, 0.3) is 0 Å². The molecule has 0 radical (unpaired) electrons. The van der Waals surface area contributed by atoms with Crippen molar-refractivity contribution in [1.29, 1.82) is 0 Å². The van der Waals surface area contributed by atoms with Crippen molar-refractivity contribution in [3.05, 3.63) is 12.7 Å². The van der Waals surface area contributed by atoms with Crippen molar-refractivity contribution in [2.45, 2.75) is 33.3 Å². The van der Waals surface area contributed by atoms with Crippen LogP contribution in [-0.4, -0.2) is 23.6 Å². The van der Waals surface area contributed by atoms with Gasteiger partial charge in [0, 0.05) is 6.54 Å². The van der Waals surface area contributed by atoms with Crippen LogP contribution in [0.15, 0.2) is 12.7 Å². The highest BCUT2D eigenvalue weighted by molar-refractivity contribution is 5.86. The van der Waals surface area contributed by atoms with Gasteiger partial charge in [0.25, 0.3) is 5.91 Å². The Balaban J connectivity index is 3.98. The molecule has 1 unspecified atom stereocenters. The van der Waals surface area contributed by atoms with E-state index in [1.54, 1.807) is 0 Å². The largest absolute Gasteiger partial charge is 0.269 e. The van der Waals surface area contributed by atoms with Crippen molar-refractivity contribution < 1.29 is 9.63 Å². The van der Waals surface area contributed by atoms with Gasteiger partial charge in [0.05, 0.1) is 6.10 Å². The number of rotatable bonds is 5. The Hall–Kier alpha value is -0.830. The molecule has 12 heavy (non-hydrogen) atoms. The maximum Gasteiger partial charge on any atom is 0.269 e. The van der Waals surface area contributed by atoms with Gasteiger partial charge in [-0.15, -0.1) is 0 Å². The Labute approximate surface area is 74.0 Å². The van der Waals surface area contributed by atoms with Crippen LogP contribution in [0.1, 0.15) is 27.2 Å². The fourth-order valence-electron chi connectivity index (χ4n) is 0.676. The number of nitrogens with zero attached hydrogens (tertiary/aromatic N) is 1. The molecule has 1 amide bonds. The highest BCUT2D eigenvalue weighted by atomic mass is 16.7. The molecule has 0 spiro atoms. The van der Waals surface area contributed by atoms with Crippen LogP contribution in [0, 0.1) is 0 Å². The van der Waals surface area contributed by atoms with Crippen LogP contribution in [0.2, 0.25) is 0 Å². The third-order valence-electron chi connectivity index (χ3n) is 1.59. The van der Waals surface area contributed by atoms with Gasteiger partial charge in [0.15, 0.2) is 0 Å². The zero-order chi connectivity index (χ0) is 9.56. The molecule has 0 aromatic heterocycles. The van der Waals surface area contributed by atoms with Crippen molar-refractivity contribution in [1.82, 2.24) is 5.06 Å². The van der Waals surface area contributed by atoms with Crippen molar-refractivity contribution >= 4 is 5.91 Å². The van der Waals surface area contributed by atoms with Gasteiger partial charge < -0.3 is 0 Å². The van der Waals surface area contributed by atoms with Crippen LogP contribution in [0.4, 0.5) is 0 Å². The Morgan fingerprint density at radius 1 is 1.67 bits per heavy atom. The Morgan fingerprint density at radius 3 is 2.58 bits per heavy atom. The summed E-state index contributed by atoms with van der Waals surface area (Å²) in [5, 5.41) is 1.32. The van der Waals surface area contributed by atoms with Crippen LogP contribution in [-0.2, 0) is 9.63 Å². The molecule has 0 bridgehead atoms. The lowest BCUT2D eigenvalue weighted by Crippen LogP contribution is -2.32. The normalized spacial score (nSPS) is 12.2. The minimum Gasteiger partial charge on any atom is -0.268 e. The van der Waals surface area contributed by atoms with Gasteiger partial charge in [0.1, 0.15) is 0 Å². The minimum atomic E-state index is -0.183. The SMILES string of the molecule is C=CC(=O)N(CC)OC(C)CC. The van der Waals surface area contributed by atoms with Crippen molar-refractivity contribution in [2.75, 3.05) is 6.54 Å². The van der Waals surface area contributed by atoms with Crippen LogP contribution < -0.4 is 0 Å². The lowest BCUT2D eigenvalue weighted by atomic mass is 10.3. The van der Waals surface area contributed by atoms with Gasteiger partial charge in [-0.3, -0.25) is 9.63 Å². The monoisotopic (exact) mass is 171 g/mol. The van der Waals surface area contributed by atoms with Crippen LogP contribution in [0.5, 0.6) is 0 Å². The summed E-state index contributed by atoms with van der Waals surface area (Å²) in [6.07, 6.45) is 2.22. The Morgan fingerprint density at radius 2 is 2.25 bits per heavy atom. The van der Waals surface area contributed by atoms with E-state index < -0.39 is 0 Å². The zero-order valence-corrected chi connectivity index (χ0v) is 8.04. The fourth-order valence-corrected chi connectivity index (χ4v) is 0.676. The van der Waals surface area contributed by atoms with Gasteiger partial charge >= 0.3 is 0 Å². The predicted octanol–water partition coefficient (Wildman–Crippen LogP) is 1.75. The first kappa shape index (κ1) is 11.2. The Bertz CT molecular complexity index is 157. The van der Waals surface area contributed by atoms with Gasteiger partial charge in [-0.2, -0.15) is 0 Å². The molecule has 0 saturated heterocycles. The van der Waals surface area contributed by atoms with Gasteiger partial charge in [-0.25, -0.2) is 5.06 Å². The van der Waals surface area contributed by atoms with Gasteiger partial charge in [-0.1, -0.05) is 13.5 Å². The smallest absolute Gasteiger partial charge is 0.268 e. The number of carbonyl (C=O) groups is 1. The lowest BCUT2D eigenvalue weighted by Gasteiger charge is -2.22. The summed E-state index contributed by atoms with van der Waals surface area (Å²) in [5.74, 6) is -0.183. The molecular weight excluding hydrogens is 154 g/mol. The summed E-state index contributed by atoms with van der Waals surface area (Å²) in [4.78, 5) is 16.4. The number of hydrogen-bond donors (Lipinski definition) is 0. The molecule has 3 nitrogen and oxygen atoms in total. The summed E-state index contributed by atoms with van der Waals surface area (Å²) in [5.41, 5.74) is 0. The van der Waals surface area contributed by atoms with Crippen LogP contribution in [0.3, 0.4) is 0 Å². The van der Waals surface area contributed by atoms with E-state index in [1.807, 2.05) is 20.8 Å². The number of hydroxylamine groups is 2. The average molecular weight is 171 g/mol. The third kappa shape index (κ3) is 3.53. The lowest BCUT2D eigenvalue weighted by molar-refractivity contribution is -0.197. The first-order valence-corrected chi connectivity index (χ1v) is 4.26. The molecule has 3 heteroatoms. The van der Waals surface area contributed by atoms with Gasteiger partial charge in [-0.05, 0) is 26.3 Å². The summed E-state index contributed by atoms with van der Waals surface area (Å²) >= 11 is 0. The van der Waals surface area contributed by atoms with Gasteiger partial charge in [0.2, 0.25) is 0 Å².